The van der Waals surface area contributed by atoms with Crippen molar-refractivity contribution in [3.05, 3.63) is 101 Å². The largest absolute Gasteiger partial charge is 0.339 e. The smallest absolute Gasteiger partial charge is 0.243 e. The number of unbranched alkanes of at least 4 members (excludes halogenated alkanes) is 2. The van der Waals surface area contributed by atoms with Crippen molar-refractivity contribution in [2.45, 2.75) is 57.0 Å². The van der Waals surface area contributed by atoms with Gasteiger partial charge in [-0.3, -0.25) is 0 Å². The summed E-state index contributed by atoms with van der Waals surface area (Å²) in [5.41, 5.74) is 5.98. The van der Waals surface area contributed by atoms with Crippen LogP contribution < -0.4 is 0 Å². The van der Waals surface area contributed by atoms with Gasteiger partial charge in [-0.05, 0) is 54.2 Å². The Balaban J connectivity index is 1.45. The van der Waals surface area contributed by atoms with Crippen LogP contribution in [0.2, 0.25) is 0 Å². The van der Waals surface area contributed by atoms with Crippen molar-refractivity contribution in [3.8, 4) is 0 Å². The van der Waals surface area contributed by atoms with Crippen LogP contribution in [0.25, 0.3) is 10.9 Å². The van der Waals surface area contributed by atoms with Crippen molar-refractivity contribution in [3.63, 3.8) is 0 Å². The molecule has 176 valence electrons. The number of aryl methyl sites for hydroxylation is 1. The lowest BCUT2D eigenvalue weighted by Crippen LogP contribution is -2.36. The molecule has 4 nitrogen and oxygen atoms in total. The maximum absolute atomic E-state index is 13.6. The summed E-state index contributed by atoms with van der Waals surface area (Å²) < 4.78 is 31.1. The molecular formula is C29H32N2O2S. The highest BCUT2D eigenvalue weighted by molar-refractivity contribution is 7.89. The third kappa shape index (κ3) is 4.42. The van der Waals surface area contributed by atoms with Crippen LogP contribution in [-0.4, -0.2) is 23.8 Å². The van der Waals surface area contributed by atoms with E-state index in [1.807, 2.05) is 18.2 Å². The molecule has 3 aromatic carbocycles. The van der Waals surface area contributed by atoms with Crippen LogP contribution in [0.1, 0.15) is 48.6 Å². The van der Waals surface area contributed by atoms with Crippen molar-refractivity contribution < 1.29 is 8.42 Å². The van der Waals surface area contributed by atoms with Gasteiger partial charge >= 0.3 is 0 Å². The first-order valence-electron chi connectivity index (χ1n) is 12.3. The quantitative estimate of drug-likeness (QED) is 0.288. The van der Waals surface area contributed by atoms with Crippen LogP contribution in [0.3, 0.4) is 0 Å². The van der Waals surface area contributed by atoms with E-state index in [9.17, 15) is 8.42 Å². The second kappa shape index (κ2) is 9.77. The summed E-state index contributed by atoms with van der Waals surface area (Å²) in [6, 6.07) is 26.3. The molecule has 0 fully saturated rings. The Labute approximate surface area is 202 Å². The first-order valence-corrected chi connectivity index (χ1v) is 13.7. The molecule has 1 aliphatic rings. The van der Waals surface area contributed by atoms with Gasteiger partial charge < -0.3 is 4.57 Å². The first kappa shape index (κ1) is 22.9. The van der Waals surface area contributed by atoms with Crippen LogP contribution >= 0.6 is 0 Å². The minimum Gasteiger partial charge on any atom is -0.339 e. The van der Waals surface area contributed by atoms with Crippen LogP contribution in [-0.2, 0) is 36.0 Å². The fourth-order valence-corrected chi connectivity index (χ4v) is 6.48. The van der Waals surface area contributed by atoms with Gasteiger partial charge in [0.05, 0.1) is 11.4 Å². The summed E-state index contributed by atoms with van der Waals surface area (Å²) in [6.45, 7) is 3.83. The number of benzene rings is 3. The Hall–Kier alpha value is -2.89. The summed E-state index contributed by atoms with van der Waals surface area (Å²) in [7, 11) is -3.55. The first-order chi connectivity index (χ1) is 16.6. The third-order valence-corrected chi connectivity index (χ3v) is 8.80. The standard InChI is InChI=1S/C29H32N2O2S/c1-2-3-5-10-23-15-17-25(18-16-23)34(32,33)30-20-19-27-26-13-8-9-14-28(26)31(29(27)22-30)21-24-11-6-4-7-12-24/h4,6-9,11-18H,2-3,5,10,19-22H2,1H3. The molecule has 0 amide bonds. The van der Waals surface area contributed by atoms with E-state index in [0.717, 1.165) is 31.5 Å². The summed E-state index contributed by atoms with van der Waals surface area (Å²) in [5.74, 6) is 0. The Morgan fingerprint density at radius 1 is 0.824 bits per heavy atom. The van der Waals surface area contributed by atoms with Gasteiger partial charge in [0.25, 0.3) is 0 Å². The van der Waals surface area contributed by atoms with E-state index in [4.69, 9.17) is 0 Å². The summed E-state index contributed by atoms with van der Waals surface area (Å²) in [4.78, 5) is 0.390. The molecule has 0 saturated heterocycles. The zero-order chi connectivity index (χ0) is 23.5. The van der Waals surface area contributed by atoms with Gasteiger partial charge in [-0.1, -0.05) is 80.4 Å². The Bertz CT molecular complexity index is 1370. The molecule has 5 heteroatoms. The highest BCUT2D eigenvalue weighted by Crippen LogP contribution is 2.33. The van der Waals surface area contributed by atoms with Crippen molar-refractivity contribution in [2.24, 2.45) is 0 Å². The Kier molecular flexibility index (Phi) is 6.57. The van der Waals surface area contributed by atoms with E-state index in [-0.39, 0.29) is 0 Å². The molecule has 2 heterocycles. The molecular weight excluding hydrogens is 440 g/mol. The lowest BCUT2D eigenvalue weighted by atomic mass is 10.0. The van der Waals surface area contributed by atoms with Gasteiger partial charge in [0.1, 0.15) is 0 Å². The molecule has 1 aliphatic heterocycles. The van der Waals surface area contributed by atoms with E-state index in [1.54, 1.807) is 16.4 Å². The average molecular weight is 473 g/mol. The van der Waals surface area contributed by atoms with Gasteiger partial charge in [-0.15, -0.1) is 0 Å². The number of nitrogens with zero attached hydrogens (tertiary/aromatic N) is 2. The second-order valence-corrected chi connectivity index (χ2v) is 11.1. The highest BCUT2D eigenvalue weighted by atomic mass is 32.2. The molecule has 0 spiro atoms. The van der Waals surface area contributed by atoms with Crippen LogP contribution in [0, 0.1) is 0 Å². The van der Waals surface area contributed by atoms with Crippen molar-refractivity contribution in [1.29, 1.82) is 0 Å². The number of rotatable bonds is 8. The van der Waals surface area contributed by atoms with E-state index < -0.39 is 10.0 Å². The summed E-state index contributed by atoms with van der Waals surface area (Å²) >= 11 is 0. The average Bonchev–Trinajstić information content (AvgIpc) is 3.18. The van der Waals surface area contributed by atoms with Crippen molar-refractivity contribution in [2.75, 3.05) is 6.54 Å². The predicted molar refractivity (Wildman–Crippen MR) is 138 cm³/mol. The van der Waals surface area contributed by atoms with Crippen LogP contribution in [0.4, 0.5) is 0 Å². The predicted octanol–water partition coefficient (Wildman–Crippen LogP) is 6.17. The van der Waals surface area contributed by atoms with Gasteiger partial charge in [0.15, 0.2) is 0 Å². The summed E-state index contributed by atoms with van der Waals surface area (Å²) in [6.07, 6.45) is 5.26. The maximum Gasteiger partial charge on any atom is 0.243 e. The molecule has 0 aliphatic carbocycles. The van der Waals surface area contributed by atoms with E-state index in [1.165, 1.54) is 40.4 Å². The van der Waals surface area contributed by atoms with Crippen molar-refractivity contribution in [1.82, 2.24) is 8.87 Å². The monoisotopic (exact) mass is 472 g/mol. The summed E-state index contributed by atoms with van der Waals surface area (Å²) in [5, 5.41) is 1.24. The number of para-hydroxylation sites is 1. The molecule has 34 heavy (non-hydrogen) atoms. The van der Waals surface area contributed by atoms with Gasteiger partial charge in [0, 0.05) is 29.7 Å². The number of sulfonamides is 1. The minimum absolute atomic E-state index is 0.390. The number of hydrogen-bond acceptors (Lipinski definition) is 2. The second-order valence-electron chi connectivity index (χ2n) is 9.20. The van der Waals surface area contributed by atoms with Crippen molar-refractivity contribution >= 4 is 20.9 Å². The zero-order valence-electron chi connectivity index (χ0n) is 19.8. The molecule has 0 atom stereocenters. The minimum atomic E-state index is -3.55. The highest BCUT2D eigenvalue weighted by Gasteiger charge is 2.31. The van der Waals surface area contributed by atoms with E-state index in [2.05, 4.69) is 60.0 Å². The maximum atomic E-state index is 13.6. The number of aromatic nitrogens is 1. The molecule has 1 aromatic heterocycles. The Morgan fingerprint density at radius 2 is 1.56 bits per heavy atom. The Morgan fingerprint density at radius 3 is 2.32 bits per heavy atom. The number of fused-ring (bicyclic) bond motifs is 3. The molecule has 4 aromatic rings. The zero-order valence-corrected chi connectivity index (χ0v) is 20.6. The molecule has 0 unspecified atom stereocenters. The van der Waals surface area contributed by atoms with Gasteiger partial charge in [-0.25, -0.2) is 8.42 Å². The fraction of sp³-hybridized carbons (Fsp3) is 0.310. The lowest BCUT2D eigenvalue weighted by Gasteiger charge is -2.28. The molecule has 0 saturated carbocycles. The SMILES string of the molecule is CCCCCc1ccc(S(=O)(=O)N2CCc3c(n(Cc4ccccc4)c4ccccc34)C2)cc1. The molecule has 0 N–H and O–H groups in total. The number of hydrogen-bond donors (Lipinski definition) is 0. The normalized spacial score (nSPS) is 14.4. The molecule has 0 radical (unpaired) electrons. The van der Waals surface area contributed by atoms with E-state index in [0.29, 0.717) is 18.0 Å². The third-order valence-electron chi connectivity index (χ3n) is 6.95. The van der Waals surface area contributed by atoms with Crippen LogP contribution in [0.5, 0.6) is 0 Å². The van der Waals surface area contributed by atoms with Gasteiger partial charge in [0.2, 0.25) is 10.0 Å². The molecule has 5 rings (SSSR count). The lowest BCUT2D eigenvalue weighted by molar-refractivity contribution is 0.381. The van der Waals surface area contributed by atoms with E-state index >= 15 is 0 Å². The molecule has 0 bridgehead atoms. The van der Waals surface area contributed by atoms with Gasteiger partial charge in [-0.2, -0.15) is 4.31 Å². The topological polar surface area (TPSA) is 42.3 Å². The van der Waals surface area contributed by atoms with Crippen LogP contribution in [0.15, 0.2) is 83.8 Å². The fourth-order valence-electron chi connectivity index (χ4n) is 5.08.